The second-order valence-electron chi connectivity index (χ2n) is 4.56. The molecule has 3 heteroatoms. The molecule has 0 atom stereocenters. The average Bonchev–Trinajstić information content (AvgIpc) is 2.41. The quantitative estimate of drug-likeness (QED) is 0.836. The van der Waals surface area contributed by atoms with E-state index in [0.717, 1.165) is 5.69 Å². The summed E-state index contributed by atoms with van der Waals surface area (Å²) in [5.74, 6) is -0.385. The minimum Gasteiger partial charge on any atom is -0.369 e. The van der Waals surface area contributed by atoms with Gasteiger partial charge in [-0.25, -0.2) is 4.39 Å². The van der Waals surface area contributed by atoms with Gasteiger partial charge in [-0.2, -0.15) is 5.26 Å². The van der Waals surface area contributed by atoms with E-state index in [4.69, 9.17) is 5.26 Å². The second kappa shape index (κ2) is 5.53. The van der Waals surface area contributed by atoms with Crippen LogP contribution in [0, 0.1) is 24.1 Å². The number of rotatable bonds is 3. The fourth-order valence-electron chi connectivity index (χ4n) is 2.06. The van der Waals surface area contributed by atoms with Gasteiger partial charge in [0.2, 0.25) is 0 Å². The number of halogens is 1. The Morgan fingerprint density at radius 3 is 2.63 bits per heavy atom. The lowest BCUT2D eigenvalue weighted by Gasteiger charge is -2.21. The highest BCUT2D eigenvalue weighted by Gasteiger charge is 2.09. The lowest BCUT2D eigenvalue weighted by atomic mass is 10.1. The maximum Gasteiger partial charge on any atom is 0.124 e. The highest BCUT2D eigenvalue weighted by Crippen LogP contribution is 2.22. The van der Waals surface area contributed by atoms with E-state index in [1.807, 2.05) is 30.1 Å². The number of nitriles is 1. The predicted octanol–water partition coefficient (Wildman–Crippen LogP) is 3.64. The monoisotopic (exact) mass is 254 g/mol. The highest BCUT2D eigenvalue weighted by atomic mass is 19.1. The minimum atomic E-state index is -0.385. The van der Waals surface area contributed by atoms with Gasteiger partial charge in [-0.1, -0.05) is 24.3 Å². The van der Waals surface area contributed by atoms with Crippen LogP contribution in [0.3, 0.4) is 0 Å². The molecule has 0 heterocycles. The van der Waals surface area contributed by atoms with Crippen molar-refractivity contribution in [3.8, 4) is 6.07 Å². The molecule has 0 aliphatic carbocycles. The predicted molar refractivity (Wildman–Crippen MR) is 74.4 cm³/mol. The molecule has 0 bridgehead atoms. The van der Waals surface area contributed by atoms with Crippen LogP contribution in [0.15, 0.2) is 42.5 Å². The van der Waals surface area contributed by atoms with Crippen molar-refractivity contribution >= 4 is 5.69 Å². The van der Waals surface area contributed by atoms with Crippen molar-refractivity contribution in [2.75, 3.05) is 11.9 Å². The Labute approximate surface area is 112 Å². The van der Waals surface area contributed by atoms with Gasteiger partial charge in [-0.15, -0.1) is 0 Å². The summed E-state index contributed by atoms with van der Waals surface area (Å²) >= 11 is 0. The summed E-state index contributed by atoms with van der Waals surface area (Å²) < 4.78 is 13.1. The molecule has 0 aliphatic heterocycles. The third-order valence-electron chi connectivity index (χ3n) is 3.16. The third-order valence-corrected chi connectivity index (χ3v) is 3.16. The van der Waals surface area contributed by atoms with Crippen LogP contribution in [-0.4, -0.2) is 7.05 Å². The summed E-state index contributed by atoms with van der Waals surface area (Å²) in [7, 11) is 1.90. The van der Waals surface area contributed by atoms with Gasteiger partial charge in [-0.05, 0) is 36.2 Å². The van der Waals surface area contributed by atoms with Gasteiger partial charge in [0.1, 0.15) is 11.9 Å². The number of anilines is 1. The first-order valence-corrected chi connectivity index (χ1v) is 6.07. The lowest BCUT2D eigenvalue weighted by Crippen LogP contribution is -2.18. The van der Waals surface area contributed by atoms with E-state index in [1.54, 1.807) is 6.07 Å². The molecule has 2 nitrogen and oxygen atoms in total. The van der Waals surface area contributed by atoms with E-state index in [-0.39, 0.29) is 5.82 Å². The SMILES string of the molecule is Cc1ccccc1CN(C)c1ccc(F)cc1C#N. The zero-order valence-electron chi connectivity index (χ0n) is 11.0. The smallest absolute Gasteiger partial charge is 0.124 e. The lowest BCUT2D eigenvalue weighted by molar-refractivity contribution is 0.627. The van der Waals surface area contributed by atoms with Crippen LogP contribution >= 0.6 is 0 Å². The summed E-state index contributed by atoms with van der Waals surface area (Å²) in [6.45, 7) is 2.74. The Balaban J connectivity index is 2.28. The third kappa shape index (κ3) is 2.92. The molecule has 0 unspecified atom stereocenters. The van der Waals surface area contributed by atoms with Crippen LogP contribution in [0.1, 0.15) is 16.7 Å². The standard InChI is InChI=1S/C16H15FN2/c1-12-5-3-4-6-13(12)11-19(2)16-8-7-15(17)9-14(16)10-18/h3-9H,11H2,1-2H3. The van der Waals surface area contributed by atoms with E-state index < -0.39 is 0 Å². The Morgan fingerprint density at radius 1 is 1.21 bits per heavy atom. The first kappa shape index (κ1) is 13.1. The van der Waals surface area contributed by atoms with Gasteiger partial charge in [0, 0.05) is 13.6 Å². The van der Waals surface area contributed by atoms with E-state index in [9.17, 15) is 4.39 Å². The van der Waals surface area contributed by atoms with Crippen LogP contribution < -0.4 is 4.90 Å². The van der Waals surface area contributed by atoms with E-state index in [1.165, 1.54) is 23.3 Å². The van der Waals surface area contributed by atoms with Crippen molar-refractivity contribution in [3.63, 3.8) is 0 Å². The van der Waals surface area contributed by atoms with Crippen molar-refractivity contribution in [1.29, 1.82) is 5.26 Å². The Hall–Kier alpha value is -2.34. The molecule has 0 saturated carbocycles. The van der Waals surface area contributed by atoms with Gasteiger partial charge in [-0.3, -0.25) is 0 Å². The van der Waals surface area contributed by atoms with Gasteiger partial charge >= 0.3 is 0 Å². The summed E-state index contributed by atoms with van der Waals surface area (Å²) in [5.41, 5.74) is 3.50. The van der Waals surface area contributed by atoms with Crippen LogP contribution in [0.2, 0.25) is 0 Å². The first-order chi connectivity index (χ1) is 9.11. The largest absolute Gasteiger partial charge is 0.369 e. The molecule has 0 spiro atoms. The van der Waals surface area contributed by atoms with Crippen molar-refractivity contribution in [1.82, 2.24) is 0 Å². The number of hydrogen-bond acceptors (Lipinski definition) is 2. The number of hydrogen-bond donors (Lipinski definition) is 0. The number of aryl methyl sites for hydroxylation is 1. The van der Waals surface area contributed by atoms with Crippen LogP contribution in [-0.2, 0) is 6.54 Å². The fourth-order valence-corrected chi connectivity index (χ4v) is 2.06. The number of nitrogens with zero attached hydrogens (tertiary/aromatic N) is 2. The maximum atomic E-state index is 13.1. The van der Waals surface area contributed by atoms with Gasteiger partial charge in [0.15, 0.2) is 0 Å². The second-order valence-corrected chi connectivity index (χ2v) is 4.56. The molecule has 0 saturated heterocycles. The summed E-state index contributed by atoms with van der Waals surface area (Å²) in [5, 5.41) is 9.07. The van der Waals surface area contributed by atoms with Gasteiger partial charge in [0.25, 0.3) is 0 Å². The fraction of sp³-hybridized carbons (Fsp3) is 0.188. The zero-order valence-corrected chi connectivity index (χ0v) is 11.0. The molecule has 0 N–H and O–H groups in total. The molecular formula is C16H15FN2. The molecule has 2 rings (SSSR count). The zero-order chi connectivity index (χ0) is 13.8. The molecule has 2 aromatic carbocycles. The molecule has 19 heavy (non-hydrogen) atoms. The van der Waals surface area contributed by atoms with Crippen LogP contribution in [0.4, 0.5) is 10.1 Å². The van der Waals surface area contributed by atoms with Crippen molar-refractivity contribution < 1.29 is 4.39 Å². The minimum absolute atomic E-state index is 0.357. The summed E-state index contributed by atoms with van der Waals surface area (Å²) in [6.07, 6.45) is 0. The molecule has 2 aromatic rings. The Kier molecular flexibility index (Phi) is 3.82. The van der Waals surface area contributed by atoms with Crippen LogP contribution in [0.5, 0.6) is 0 Å². The molecule has 0 radical (unpaired) electrons. The molecule has 0 amide bonds. The molecule has 0 aliphatic rings. The van der Waals surface area contributed by atoms with Crippen molar-refractivity contribution in [3.05, 3.63) is 65.0 Å². The molecule has 0 aromatic heterocycles. The van der Waals surface area contributed by atoms with E-state index in [2.05, 4.69) is 19.1 Å². The number of benzene rings is 2. The highest BCUT2D eigenvalue weighted by molar-refractivity contribution is 5.59. The topological polar surface area (TPSA) is 27.0 Å². The van der Waals surface area contributed by atoms with Crippen molar-refractivity contribution in [2.24, 2.45) is 0 Å². The summed E-state index contributed by atoms with van der Waals surface area (Å²) in [6, 6.07) is 14.4. The maximum absolute atomic E-state index is 13.1. The normalized spacial score (nSPS) is 10.0. The first-order valence-electron chi connectivity index (χ1n) is 6.07. The molecule has 0 fully saturated rings. The average molecular weight is 254 g/mol. The molecule has 96 valence electrons. The Morgan fingerprint density at radius 2 is 1.95 bits per heavy atom. The van der Waals surface area contributed by atoms with Crippen molar-refractivity contribution in [2.45, 2.75) is 13.5 Å². The van der Waals surface area contributed by atoms with Gasteiger partial charge < -0.3 is 4.90 Å². The van der Waals surface area contributed by atoms with E-state index in [0.29, 0.717) is 12.1 Å². The van der Waals surface area contributed by atoms with Gasteiger partial charge in [0.05, 0.1) is 11.3 Å². The van der Waals surface area contributed by atoms with Crippen LogP contribution in [0.25, 0.3) is 0 Å². The van der Waals surface area contributed by atoms with E-state index >= 15 is 0 Å². The Bertz CT molecular complexity index is 629. The summed E-state index contributed by atoms with van der Waals surface area (Å²) in [4.78, 5) is 1.96. The molecular weight excluding hydrogens is 239 g/mol.